The standard InChI is InChI=1S/C41H29N5O/c47-41(46-27-43-37-22-11-24-42-39(37)46,36-21-9-4-16-31(36)28-12-2-1-3-13-28)30-15-10-14-29(26-30)40(38-23-25-44-45-38)34-19-7-5-17-32(34)33-18-6-8-20-35(33)40/h1-27,47H,(H,44,45). The highest BCUT2D eigenvalue weighted by atomic mass is 16.3. The van der Waals surface area contributed by atoms with Crippen LogP contribution in [-0.2, 0) is 11.1 Å². The predicted octanol–water partition coefficient (Wildman–Crippen LogP) is 7.93. The fourth-order valence-electron chi connectivity index (χ4n) is 7.59. The van der Waals surface area contributed by atoms with Crippen LogP contribution in [0.2, 0.25) is 0 Å². The van der Waals surface area contributed by atoms with Gasteiger partial charge in [-0.2, -0.15) is 5.10 Å². The van der Waals surface area contributed by atoms with Crippen molar-refractivity contribution in [1.82, 2.24) is 24.7 Å². The van der Waals surface area contributed by atoms with E-state index in [0.29, 0.717) is 16.7 Å². The van der Waals surface area contributed by atoms with E-state index in [1.165, 1.54) is 11.1 Å². The van der Waals surface area contributed by atoms with Gasteiger partial charge >= 0.3 is 0 Å². The van der Waals surface area contributed by atoms with E-state index in [1.807, 2.05) is 60.7 Å². The van der Waals surface area contributed by atoms with Crippen molar-refractivity contribution in [1.29, 1.82) is 0 Å². The third kappa shape index (κ3) is 3.85. The van der Waals surface area contributed by atoms with Crippen molar-refractivity contribution in [2.24, 2.45) is 0 Å². The topological polar surface area (TPSA) is 79.6 Å². The highest BCUT2D eigenvalue weighted by molar-refractivity contribution is 5.86. The Morgan fingerprint density at radius 1 is 0.617 bits per heavy atom. The summed E-state index contributed by atoms with van der Waals surface area (Å²) in [5.74, 6) is 0. The molecular weight excluding hydrogens is 578 g/mol. The zero-order valence-corrected chi connectivity index (χ0v) is 25.3. The summed E-state index contributed by atoms with van der Waals surface area (Å²) in [5, 5.41) is 21.3. The number of H-pyrrole nitrogens is 1. The number of hydrogen-bond donors (Lipinski definition) is 2. The molecule has 1 aliphatic rings. The van der Waals surface area contributed by atoms with Gasteiger partial charge in [0.1, 0.15) is 5.52 Å². The van der Waals surface area contributed by atoms with Crippen molar-refractivity contribution in [2.75, 3.05) is 0 Å². The second-order valence-corrected chi connectivity index (χ2v) is 11.9. The van der Waals surface area contributed by atoms with E-state index < -0.39 is 11.1 Å². The molecule has 0 saturated carbocycles. The number of aliphatic hydroxyl groups is 1. The van der Waals surface area contributed by atoms with E-state index in [-0.39, 0.29) is 0 Å². The molecule has 0 amide bonds. The minimum atomic E-state index is -1.68. The van der Waals surface area contributed by atoms with Gasteiger partial charge in [0.2, 0.25) is 0 Å². The number of hydrogen-bond acceptors (Lipinski definition) is 4. The first-order valence-electron chi connectivity index (χ1n) is 15.7. The summed E-state index contributed by atoms with van der Waals surface area (Å²) in [5.41, 5.74) is 8.86. The second-order valence-electron chi connectivity index (χ2n) is 11.9. The molecule has 2 N–H and O–H groups in total. The molecule has 47 heavy (non-hydrogen) atoms. The van der Waals surface area contributed by atoms with Gasteiger partial charge < -0.3 is 5.11 Å². The number of fused-ring (bicyclic) bond motifs is 4. The molecule has 0 spiro atoms. The minimum absolute atomic E-state index is 0.586. The molecule has 0 saturated heterocycles. The summed E-state index contributed by atoms with van der Waals surface area (Å²) in [6, 6.07) is 49.5. The number of rotatable bonds is 6. The molecule has 1 atom stereocenters. The zero-order chi connectivity index (χ0) is 31.4. The Bertz CT molecular complexity index is 2350. The molecule has 6 nitrogen and oxygen atoms in total. The van der Waals surface area contributed by atoms with E-state index in [1.54, 1.807) is 23.3 Å². The Labute approximate surface area is 271 Å². The molecule has 3 aromatic heterocycles. The molecule has 0 aliphatic heterocycles. The number of imidazole rings is 1. The van der Waals surface area contributed by atoms with E-state index >= 15 is 0 Å². The summed E-state index contributed by atoms with van der Waals surface area (Å²) in [4.78, 5) is 9.38. The van der Waals surface area contributed by atoms with Gasteiger partial charge in [-0.1, -0.05) is 121 Å². The molecule has 3 heterocycles. The first-order chi connectivity index (χ1) is 23.2. The molecule has 0 radical (unpaired) electrons. The van der Waals surface area contributed by atoms with Crippen molar-refractivity contribution in [3.63, 3.8) is 0 Å². The van der Waals surface area contributed by atoms with Crippen LogP contribution in [0.15, 0.2) is 164 Å². The lowest BCUT2D eigenvalue weighted by atomic mass is 9.69. The van der Waals surface area contributed by atoms with E-state index in [4.69, 9.17) is 4.98 Å². The number of benzene rings is 5. The number of nitrogens with one attached hydrogen (secondary N) is 1. The van der Waals surface area contributed by atoms with Gasteiger partial charge in [-0.3, -0.25) is 9.67 Å². The number of aromatic amines is 1. The zero-order valence-electron chi connectivity index (χ0n) is 25.3. The normalized spacial score (nSPS) is 14.4. The fourth-order valence-corrected chi connectivity index (χ4v) is 7.59. The highest BCUT2D eigenvalue weighted by Crippen LogP contribution is 2.56. The summed E-state index contributed by atoms with van der Waals surface area (Å²) in [7, 11) is 0. The lowest BCUT2D eigenvalue weighted by Gasteiger charge is -2.36. The van der Waals surface area contributed by atoms with Crippen LogP contribution < -0.4 is 0 Å². The first-order valence-corrected chi connectivity index (χ1v) is 15.7. The molecule has 6 heteroatoms. The summed E-state index contributed by atoms with van der Waals surface area (Å²) in [6.07, 6.45) is 5.23. The molecule has 1 aliphatic carbocycles. The van der Waals surface area contributed by atoms with Gasteiger partial charge in [0.25, 0.3) is 0 Å². The van der Waals surface area contributed by atoms with Crippen LogP contribution in [0, 0.1) is 0 Å². The smallest absolute Gasteiger partial charge is 0.198 e. The van der Waals surface area contributed by atoms with Crippen molar-refractivity contribution in [3.8, 4) is 22.3 Å². The third-order valence-electron chi connectivity index (χ3n) is 9.60. The van der Waals surface area contributed by atoms with Gasteiger partial charge in [0, 0.05) is 23.5 Å². The Morgan fingerprint density at radius 2 is 1.32 bits per heavy atom. The van der Waals surface area contributed by atoms with Crippen molar-refractivity contribution in [3.05, 3.63) is 198 Å². The number of nitrogens with zero attached hydrogens (tertiary/aromatic N) is 4. The molecule has 8 aromatic rings. The van der Waals surface area contributed by atoms with Crippen LogP contribution in [0.25, 0.3) is 33.4 Å². The lowest BCUT2D eigenvalue weighted by molar-refractivity contribution is 0.0527. The van der Waals surface area contributed by atoms with Crippen molar-refractivity contribution >= 4 is 11.2 Å². The third-order valence-corrected chi connectivity index (χ3v) is 9.60. The first kappa shape index (κ1) is 27.2. The van der Waals surface area contributed by atoms with Crippen molar-refractivity contribution in [2.45, 2.75) is 11.1 Å². The van der Waals surface area contributed by atoms with Crippen molar-refractivity contribution < 1.29 is 5.11 Å². The quantitative estimate of drug-likeness (QED) is 0.201. The van der Waals surface area contributed by atoms with Gasteiger partial charge in [0.05, 0.1) is 17.4 Å². The van der Waals surface area contributed by atoms with Crippen LogP contribution in [-0.4, -0.2) is 29.8 Å². The molecule has 9 rings (SSSR count). The Morgan fingerprint density at radius 3 is 2.06 bits per heavy atom. The van der Waals surface area contributed by atoms with Gasteiger partial charge in [0.15, 0.2) is 11.4 Å². The van der Waals surface area contributed by atoms with Crippen LogP contribution in [0.5, 0.6) is 0 Å². The predicted molar refractivity (Wildman–Crippen MR) is 184 cm³/mol. The maximum atomic E-state index is 13.5. The average Bonchev–Trinajstić information content (AvgIpc) is 3.90. The molecular formula is C41H29N5O. The van der Waals surface area contributed by atoms with E-state index in [2.05, 4.69) is 100 Å². The Hall–Kier alpha value is -6.11. The van der Waals surface area contributed by atoms with Gasteiger partial charge in [-0.25, -0.2) is 9.97 Å². The molecule has 0 fully saturated rings. The molecule has 1 unspecified atom stereocenters. The number of aromatic nitrogens is 5. The maximum Gasteiger partial charge on any atom is 0.198 e. The van der Waals surface area contributed by atoms with Gasteiger partial charge in [-0.15, -0.1) is 0 Å². The monoisotopic (exact) mass is 607 g/mol. The van der Waals surface area contributed by atoms with E-state index in [0.717, 1.165) is 39.1 Å². The highest BCUT2D eigenvalue weighted by Gasteiger charge is 2.48. The largest absolute Gasteiger partial charge is 0.363 e. The van der Waals surface area contributed by atoms with Crippen LogP contribution >= 0.6 is 0 Å². The Kier molecular flexibility index (Phi) is 6.07. The Balaban J connectivity index is 1.37. The number of pyridine rings is 1. The van der Waals surface area contributed by atoms with Crippen LogP contribution in [0.3, 0.4) is 0 Å². The average molecular weight is 608 g/mol. The molecule has 224 valence electrons. The summed E-state index contributed by atoms with van der Waals surface area (Å²) >= 11 is 0. The lowest BCUT2D eigenvalue weighted by Crippen LogP contribution is -2.37. The SMILES string of the molecule is OC(c1cccc(C2(c3ccn[nH]3)c3ccccc3-c3ccccc32)c1)(c1ccccc1-c1ccccc1)n1cnc2cccnc21. The summed E-state index contributed by atoms with van der Waals surface area (Å²) < 4.78 is 1.79. The van der Waals surface area contributed by atoms with Crippen LogP contribution in [0.4, 0.5) is 0 Å². The second kappa shape index (κ2) is 10.5. The molecule has 5 aromatic carbocycles. The van der Waals surface area contributed by atoms with E-state index in [9.17, 15) is 5.11 Å². The maximum absolute atomic E-state index is 13.5. The minimum Gasteiger partial charge on any atom is -0.363 e. The molecule has 0 bridgehead atoms. The van der Waals surface area contributed by atoms with Crippen LogP contribution in [0.1, 0.15) is 33.5 Å². The fraction of sp³-hybridized carbons (Fsp3) is 0.0488. The summed E-state index contributed by atoms with van der Waals surface area (Å²) in [6.45, 7) is 0. The van der Waals surface area contributed by atoms with Gasteiger partial charge in [-0.05, 0) is 63.2 Å².